The maximum absolute atomic E-state index is 11.0. The topological polar surface area (TPSA) is 40.9 Å². The number of hydrogen-bond donors (Lipinski definition) is 0. The average molecular weight is 287 g/mol. The van der Waals surface area contributed by atoms with E-state index in [0.717, 1.165) is 10.0 Å². The Labute approximate surface area is 102 Å². The standard InChI is InChI=1S/C11H9BrClNO/c1-7(15)4-8(6-14)10-3-2-9(13)5-11(10)12/h2-3,5,8H,4H2,1H3. The summed E-state index contributed by atoms with van der Waals surface area (Å²) in [6, 6.07) is 7.32. The predicted molar refractivity (Wildman–Crippen MR) is 62.8 cm³/mol. The number of hydrogen-bond acceptors (Lipinski definition) is 2. The van der Waals surface area contributed by atoms with Gasteiger partial charge in [-0.3, -0.25) is 4.79 Å². The third kappa shape index (κ3) is 3.33. The van der Waals surface area contributed by atoms with Crippen molar-refractivity contribution in [1.29, 1.82) is 5.26 Å². The van der Waals surface area contributed by atoms with Gasteiger partial charge in [-0.2, -0.15) is 5.26 Å². The van der Waals surface area contributed by atoms with Crippen molar-refractivity contribution in [3.8, 4) is 6.07 Å². The van der Waals surface area contributed by atoms with Crippen molar-refractivity contribution in [3.63, 3.8) is 0 Å². The van der Waals surface area contributed by atoms with E-state index in [2.05, 4.69) is 22.0 Å². The SMILES string of the molecule is CC(=O)CC(C#N)c1ccc(Cl)cc1Br. The summed E-state index contributed by atoms with van der Waals surface area (Å²) in [5.41, 5.74) is 0.803. The summed E-state index contributed by atoms with van der Waals surface area (Å²) in [5.74, 6) is -0.405. The minimum absolute atomic E-state index is 0.00315. The molecule has 1 aromatic rings. The molecule has 1 unspecified atom stereocenters. The van der Waals surface area contributed by atoms with Gasteiger partial charge in [0.15, 0.2) is 0 Å². The summed E-state index contributed by atoms with van der Waals surface area (Å²) in [4.78, 5) is 11.0. The molecule has 1 aromatic carbocycles. The zero-order chi connectivity index (χ0) is 11.4. The van der Waals surface area contributed by atoms with E-state index in [-0.39, 0.29) is 12.2 Å². The third-order valence-corrected chi connectivity index (χ3v) is 2.91. The number of nitriles is 1. The lowest BCUT2D eigenvalue weighted by Gasteiger charge is -2.09. The van der Waals surface area contributed by atoms with Crippen LogP contribution in [-0.2, 0) is 4.79 Å². The summed E-state index contributed by atoms with van der Waals surface area (Å²) in [7, 11) is 0. The summed E-state index contributed by atoms with van der Waals surface area (Å²) in [6.07, 6.45) is 0.233. The van der Waals surface area contributed by atoms with Crippen LogP contribution in [0.3, 0.4) is 0 Å². The summed E-state index contributed by atoms with van der Waals surface area (Å²) < 4.78 is 0.766. The molecular weight excluding hydrogens is 277 g/mol. The molecule has 0 aliphatic heterocycles. The van der Waals surface area contributed by atoms with Crippen molar-refractivity contribution in [2.24, 2.45) is 0 Å². The Balaban J connectivity index is 3.03. The van der Waals surface area contributed by atoms with Gasteiger partial charge in [0.2, 0.25) is 0 Å². The highest BCUT2D eigenvalue weighted by Gasteiger charge is 2.15. The van der Waals surface area contributed by atoms with Crippen LogP contribution in [0, 0.1) is 11.3 Å². The molecule has 2 nitrogen and oxygen atoms in total. The fourth-order valence-corrected chi connectivity index (χ4v) is 2.26. The van der Waals surface area contributed by atoms with Gasteiger partial charge in [0.1, 0.15) is 5.78 Å². The van der Waals surface area contributed by atoms with Gasteiger partial charge in [-0.1, -0.05) is 33.6 Å². The van der Waals surface area contributed by atoms with Gasteiger partial charge < -0.3 is 0 Å². The van der Waals surface area contributed by atoms with Crippen LogP contribution < -0.4 is 0 Å². The number of ketones is 1. The molecule has 0 aliphatic rings. The summed E-state index contributed by atoms with van der Waals surface area (Å²) in [5, 5.41) is 9.57. The van der Waals surface area contributed by atoms with E-state index in [1.807, 2.05) is 0 Å². The molecule has 0 aliphatic carbocycles. The van der Waals surface area contributed by atoms with Crippen LogP contribution in [0.2, 0.25) is 5.02 Å². The molecule has 0 bridgehead atoms. The molecule has 0 aromatic heterocycles. The van der Waals surface area contributed by atoms with Gasteiger partial charge in [-0.05, 0) is 24.6 Å². The highest BCUT2D eigenvalue weighted by molar-refractivity contribution is 9.10. The van der Waals surface area contributed by atoms with E-state index in [0.29, 0.717) is 5.02 Å². The minimum Gasteiger partial charge on any atom is -0.300 e. The highest BCUT2D eigenvalue weighted by Crippen LogP contribution is 2.29. The molecular formula is C11H9BrClNO. The average Bonchev–Trinajstić information content (AvgIpc) is 2.14. The molecule has 0 fully saturated rings. The molecule has 0 N–H and O–H groups in total. The van der Waals surface area contributed by atoms with Gasteiger partial charge in [-0.25, -0.2) is 0 Å². The second kappa shape index (κ2) is 5.29. The highest BCUT2D eigenvalue weighted by atomic mass is 79.9. The Bertz CT molecular complexity index is 425. The normalized spacial score (nSPS) is 11.9. The fourth-order valence-electron chi connectivity index (χ4n) is 1.30. The fraction of sp³-hybridized carbons (Fsp3) is 0.273. The molecule has 0 saturated heterocycles. The molecule has 1 rings (SSSR count). The second-order valence-electron chi connectivity index (χ2n) is 3.25. The number of carbonyl (C=O) groups excluding carboxylic acids is 1. The van der Waals surface area contributed by atoms with Gasteiger partial charge >= 0.3 is 0 Å². The summed E-state index contributed by atoms with van der Waals surface area (Å²) >= 11 is 9.12. The van der Waals surface area contributed by atoms with Gasteiger partial charge in [-0.15, -0.1) is 0 Å². The van der Waals surface area contributed by atoms with E-state index in [4.69, 9.17) is 16.9 Å². The summed E-state index contributed by atoms with van der Waals surface area (Å²) in [6.45, 7) is 1.48. The first-order chi connectivity index (χ1) is 7.04. The number of carbonyl (C=O) groups is 1. The van der Waals surface area contributed by atoms with Crippen LogP contribution in [0.15, 0.2) is 22.7 Å². The first kappa shape index (κ1) is 12.2. The van der Waals surface area contributed by atoms with Crippen LogP contribution in [-0.4, -0.2) is 5.78 Å². The number of rotatable bonds is 3. The Kier molecular flexibility index (Phi) is 4.31. The Morgan fingerprint density at radius 3 is 2.80 bits per heavy atom. The number of halogens is 2. The van der Waals surface area contributed by atoms with Crippen LogP contribution in [0.5, 0.6) is 0 Å². The van der Waals surface area contributed by atoms with Crippen molar-refractivity contribution in [2.45, 2.75) is 19.3 Å². The zero-order valence-electron chi connectivity index (χ0n) is 8.13. The Morgan fingerprint density at radius 1 is 1.67 bits per heavy atom. The van der Waals surface area contributed by atoms with E-state index in [9.17, 15) is 4.79 Å². The maximum atomic E-state index is 11.0. The van der Waals surface area contributed by atoms with E-state index in [1.165, 1.54) is 6.92 Å². The predicted octanol–water partition coefficient (Wildman–Crippen LogP) is 3.69. The third-order valence-electron chi connectivity index (χ3n) is 1.99. The molecule has 0 amide bonds. The molecule has 4 heteroatoms. The second-order valence-corrected chi connectivity index (χ2v) is 4.54. The van der Waals surface area contributed by atoms with E-state index >= 15 is 0 Å². The smallest absolute Gasteiger partial charge is 0.131 e. The minimum atomic E-state index is -0.408. The van der Waals surface area contributed by atoms with Crippen LogP contribution >= 0.6 is 27.5 Å². The van der Waals surface area contributed by atoms with Crippen LogP contribution in [0.1, 0.15) is 24.8 Å². The Hall–Kier alpha value is -0.850. The number of Topliss-reactive ketones (excluding diaryl/α,β-unsaturated/α-hetero) is 1. The van der Waals surface area contributed by atoms with Gasteiger partial charge in [0.25, 0.3) is 0 Å². The molecule has 0 spiro atoms. The van der Waals surface area contributed by atoms with Crippen molar-refractivity contribution >= 4 is 33.3 Å². The zero-order valence-corrected chi connectivity index (χ0v) is 10.5. The molecule has 0 radical (unpaired) electrons. The first-order valence-corrected chi connectivity index (χ1v) is 5.55. The molecule has 78 valence electrons. The van der Waals surface area contributed by atoms with Crippen molar-refractivity contribution in [3.05, 3.63) is 33.3 Å². The molecule has 0 heterocycles. The Morgan fingerprint density at radius 2 is 2.33 bits per heavy atom. The lowest BCUT2D eigenvalue weighted by molar-refractivity contribution is -0.117. The van der Waals surface area contributed by atoms with Crippen LogP contribution in [0.25, 0.3) is 0 Å². The molecule has 15 heavy (non-hydrogen) atoms. The van der Waals surface area contributed by atoms with Crippen molar-refractivity contribution in [2.75, 3.05) is 0 Å². The van der Waals surface area contributed by atoms with E-state index < -0.39 is 5.92 Å². The van der Waals surface area contributed by atoms with Gasteiger partial charge in [0, 0.05) is 15.9 Å². The first-order valence-electron chi connectivity index (χ1n) is 4.38. The largest absolute Gasteiger partial charge is 0.300 e. The number of nitrogens with zero attached hydrogens (tertiary/aromatic N) is 1. The van der Waals surface area contributed by atoms with Crippen LogP contribution in [0.4, 0.5) is 0 Å². The quantitative estimate of drug-likeness (QED) is 0.850. The number of benzene rings is 1. The molecule has 1 atom stereocenters. The lowest BCUT2D eigenvalue weighted by Crippen LogP contribution is -2.02. The maximum Gasteiger partial charge on any atom is 0.131 e. The monoisotopic (exact) mass is 285 g/mol. The van der Waals surface area contributed by atoms with Crippen molar-refractivity contribution < 1.29 is 4.79 Å². The van der Waals surface area contributed by atoms with Gasteiger partial charge in [0.05, 0.1) is 12.0 Å². The van der Waals surface area contributed by atoms with E-state index in [1.54, 1.807) is 18.2 Å². The van der Waals surface area contributed by atoms with Crippen molar-refractivity contribution in [1.82, 2.24) is 0 Å². The molecule has 0 saturated carbocycles. The lowest BCUT2D eigenvalue weighted by atomic mass is 9.96.